The molecule has 0 atom stereocenters. The Bertz CT molecular complexity index is 1050. The summed E-state index contributed by atoms with van der Waals surface area (Å²) in [5.41, 5.74) is 5.50. The fourth-order valence-electron chi connectivity index (χ4n) is 2.90. The van der Waals surface area contributed by atoms with Crippen LogP contribution in [0.4, 0.5) is 4.39 Å². The molecule has 0 radical (unpaired) electrons. The number of carbonyl (C=O) groups excluding carboxylic acids is 1. The first kappa shape index (κ1) is 22.7. The molecular formula is C23H26FN5OS. The van der Waals surface area contributed by atoms with Crippen molar-refractivity contribution in [2.75, 3.05) is 5.75 Å². The maximum absolute atomic E-state index is 12.9. The van der Waals surface area contributed by atoms with Gasteiger partial charge in [-0.1, -0.05) is 68.9 Å². The normalized spacial score (nSPS) is 11.8. The summed E-state index contributed by atoms with van der Waals surface area (Å²) in [6.45, 7) is 9.25. The fourth-order valence-corrected chi connectivity index (χ4v) is 3.70. The molecule has 1 amide bonds. The minimum absolute atomic E-state index is 0.0878. The first-order valence-corrected chi connectivity index (χ1v) is 11.0. The third-order valence-corrected chi connectivity index (χ3v) is 5.61. The molecule has 1 N–H and O–H groups in total. The number of carbonyl (C=O) groups is 1. The number of nitrogens with zero attached hydrogens (tertiary/aromatic N) is 4. The summed E-state index contributed by atoms with van der Waals surface area (Å²) in [5.74, 6) is 0.356. The number of amides is 1. The number of hydrogen-bond acceptors (Lipinski definition) is 5. The molecule has 2 aromatic carbocycles. The second-order valence-electron chi connectivity index (χ2n) is 8.01. The molecule has 0 fully saturated rings. The van der Waals surface area contributed by atoms with Crippen LogP contribution in [0.5, 0.6) is 0 Å². The van der Waals surface area contributed by atoms with E-state index in [-0.39, 0.29) is 22.9 Å². The van der Waals surface area contributed by atoms with Crippen molar-refractivity contribution in [2.45, 2.75) is 44.8 Å². The number of thioether (sulfide) groups is 1. The van der Waals surface area contributed by atoms with Gasteiger partial charge in [-0.15, -0.1) is 10.2 Å². The van der Waals surface area contributed by atoms with Crippen LogP contribution in [0.3, 0.4) is 0 Å². The van der Waals surface area contributed by atoms with Gasteiger partial charge in [0.1, 0.15) is 5.82 Å². The summed E-state index contributed by atoms with van der Waals surface area (Å²) in [4.78, 5) is 12.1. The van der Waals surface area contributed by atoms with E-state index in [0.29, 0.717) is 17.3 Å². The van der Waals surface area contributed by atoms with Gasteiger partial charge >= 0.3 is 0 Å². The Balaban J connectivity index is 1.61. The van der Waals surface area contributed by atoms with E-state index in [0.717, 1.165) is 11.4 Å². The van der Waals surface area contributed by atoms with Crippen molar-refractivity contribution in [3.63, 3.8) is 0 Å². The summed E-state index contributed by atoms with van der Waals surface area (Å²) in [6, 6.07) is 14.2. The van der Waals surface area contributed by atoms with Gasteiger partial charge in [-0.3, -0.25) is 4.79 Å². The van der Waals surface area contributed by atoms with Crippen LogP contribution in [-0.4, -0.2) is 32.6 Å². The molecule has 0 aliphatic heterocycles. The molecule has 3 aromatic rings. The Kier molecular flexibility index (Phi) is 7.22. The van der Waals surface area contributed by atoms with Crippen LogP contribution in [-0.2, 0) is 16.8 Å². The predicted molar refractivity (Wildman–Crippen MR) is 123 cm³/mol. The number of nitrogens with one attached hydrogen (secondary N) is 1. The molecule has 0 aliphatic rings. The van der Waals surface area contributed by atoms with Crippen LogP contribution < -0.4 is 5.43 Å². The molecule has 0 aliphatic carbocycles. The van der Waals surface area contributed by atoms with Crippen molar-refractivity contribution >= 4 is 23.9 Å². The summed E-state index contributed by atoms with van der Waals surface area (Å²) < 4.78 is 14.9. The molecule has 1 aromatic heterocycles. The molecule has 162 valence electrons. The van der Waals surface area contributed by atoms with Gasteiger partial charge < -0.3 is 4.57 Å². The predicted octanol–water partition coefficient (Wildman–Crippen LogP) is 4.64. The lowest BCUT2D eigenvalue weighted by Crippen LogP contribution is -2.20. The standard InChI is InChI=1S/C23H26FN5OS/c1-5-29-21(17-8-10-18(11-9-17)23(2,3)4)27-28-22(29)31-15-20(30)26-25-14-16-6-12-19(24)13-7-16/h6-14H,5,15H2,1-4H3,(H,26,30)/b25-14+. The van der Waals surface area contributed by atoms with Gasteiger partial charge in [0.15, 0.2) is 11.0 Å². The maximum Gasteiger partial charge on any atom is 0.250 e. The van der Waals surface area contributed by atoms with Crippen molar-refractivity contribution in [1.29, 1.82) is 0 Å². The number of hydrazone groups is 1. The first-order chi connectivity index (χ1) is 14.8. The molecule has 1 heterocycles. The van der Waals surface area contributed by atoms with Gasteiger partial charge in [-0.2, -0.15) is 5.10 Å². The van der Waals surface area contributed by atoms with Crippen molar-refractivity contribution < 1.29 is 9.18 Å². The van der Waals surface area contributed by atoms with Crippen LogP contribution in [0.15, 0.2) is 58.8 Å². The van der Waals surface area contributed by atoms with Gasteiger partial charge in [0, 0.05) is 12.1 Å². The topological polar surface area (TPSA) is 72.2 Å². The zero-order chi connectivity index (χ0) is 22.4. The summed E-state index contributed by atoms with van der Waals surface area (Å²) in [5, 5.41) is 13.2. The highest BCUT2D eigenvalue weighted by Gasteiger charge is 2.17. The van der Waals surface area contributed by atoms with Gasteiger partial charge in [0.2, 0.25) is 0 Å². The monoisotopic (exact) mass is 439 g/mol. The third-order valence-electron chi connectivity index (χ3n) is 4.65. The Morgan fingerprint density at radius 1 is 1.13 bits per heavy atom. The van der Waals surface area contributed by atoms with E-state index in [1.807, 2.05) is 11.5 Å². The average Bonchev–Trinajstić information content (AvgIpc) is 3.16. The first-order valence-electron chi connectivity index (χ1n) is 10.0. The molecule has 8 heteroatoms. The van der Waals surface area contributed by atoms with Crippen LogP contribution in [0.25, 0.3) is 11.4 Å². The minimum Gasteiger partial charge on any atom is -0.302 e. The molecule has 0 bridgehead atoms. The van der Waals surface area contributed by atoms with E-state index in [1.165, 1.54) is 35.7 Å². The number of halogens is 1. The highest BCUT2D eigenvalue weighted by molar-refractivity contribution is 7.99. The Morgan fingerprint density at radius 2 is 1.81 bits per heavy atom. The number of rotatable bonds is 7. The van der Waals surface area contributed by atoms with Gasteiger partial charge in [0.25, 0.3) is 5.91 Å². The number of benzene rings is 2. The summed E-state index contributed by atoms with van der Waals surface area (Å²) >= 11 is 1.30. The Labute approximate surface area is 186 Å². The molecule has 6 nitrogen and oxygen atoms in total. The van der Waals surface area contributed by atoms with Crippen LogP contribution >= 0.6 is 11.8 Å². The molecule has 3 rings (SSSR count). The zero-order valence-corrected chi connectivity index (χ0v) is 18.9. The molecule has 0 saturated heterocycles. The van der Waals surface area contributed by atoms with Gasteiger partial charge in [-0.25, -0.2) is 9.82 Å². The molecular weight excluding hydrogens is 413 g/mol. The average molecular weight is 440 g/mol. The van der Waals surface area contributed by atoms with Crippen molar-refractivity contribution in [2.24, 2.45) is 5.10 Å². The second kappa shape index (κ2) is 9.87. The lowest BCUT2D eigenvalue weighted by molar-refractivity contribution is -0.118. The number of hydrogen-bond donors (Lipinski definition) is 1. The fraction of sp³-hybridized carbons (Fsp3) is 0.304. The molecule has 0 saturated carbocycles. The van der Waals surface area contributed by atoms with Crippen LogP contribution in [0.2, 0.25) is 0 Å². The Morgan fingerprint density at radius 3 is 2.42 bits per heavy atom. The van der Waals surface area contributed by atoms with E-state index >= 15 is 0 Å². The van der Waals surface area contributed by atoms with E-state index in [4.69, 9.17) is 0 Å². The van der Waals surface area contributed by atoms with Crippen molar-refractivity contribution in [3.8, 4) is 11.4 Å². The van der Waals surface area contributed by atoms with E-state index in [2.05, 4.69) is 65.8 Å². The van der Waals surface area contributed by atoms with Gasteiger partial charge in [-0.05, 0) is 35.6 Å². The smallest absolute Gasteiger partial charge is 0.250 e. The number of aromatic nitrogens is 3. The maximum atomic E-state index is 12.9. The minimum atomic E-state index is -0.317. The zero-order valence-electron chi connectivity index (χ0n) is 18.1. The van der Waals surface area contributed by atoms with E-state index in [9.17, 15) is 9.18 Å². The van der Waals surface area contributed by atoms with E-state index < -0.39 is 0 Å². The highest BCUT2D eigenvalue weighted by Crippen LogP contribution is 2.27. The lowest BCUT2D eigenvalue weighted by Gasteiger charge is -2.19. The van der Waals surface area contributed by atoms with E-state index in [1.54, 1.807) is 12.1 Å². The van der Waals surface area contributed by atoms with Crippen LogP contribution in [0, 0.1) is 5.82 Å². The molecule has 0 unspecified atom stereocenters. The molecule has 31 heavy (non-hydrogen) atoms. The third kappa shape index (κ3) is 6.01. The lowest BCUT2D eigenvalue weighted by atomic mass is 9.87. The Hall–Kier alpha value is -3.00. The summed E-state index contributed by atoms with van der Waals surface area (Å²) in [6.07, 6.45) is 1.47. The van der Waals surface area contributed by atoms with Crippen molar-refractivity contribution in [3.05, 3.63) is 65.5 Å². The quantitative estimate of drug-likeness (QED) is 0.331. The molecule has 0 spiro atoms. The highest BCUT2D eigenvalue weighted by atomic mass is 32.2. The van der Waals surface area contributed by atoms with Gasteiger partial charge in [0.05, 0.1) is 12.0 Å². The largest absolute Gasteiger partial charge is 0.302 e. The van der Waals surface area contributed by atoms with Crippen molar-refractivity contribution in [1.82, 2.24) is 20.2 Å². The van der Waals surface area contributed by atoms with Crippen LogP contribution in [0.1, 0.15) is 38.8 Å². The summed E-state index contributed by atoms with van der Waals surface area (Å²) in [7, 11) is 0. The SMILES string of the molecule is CCn1c(SCC(=O)N/N=C/c2ccc(F)cc2)nnc1-c1ccc(C(C)(C)C)cc1. The second-order valence-corrected chi connectivity index (χ2v) is 8.95.